The number of para-hydroxylation sites is 1. The zero-order valence-electron chi connectivity index (χ0n) is 21.8. The van der Waals surface area contributed by atoms with Crippen LogP contribution in [0.3, 0.4) is 0 Å². The third-order valence-corrected chi connectivity index (χ3v) is 5.11. The van der Waals surface area contributed by atoms with Gasteiger partial charge in [0.2, 0.25) is 5.91 Å². The molecular formula is C24H33N7O6. The van der Waals surface area contributed by atoms with Gasteiger partial charge in [0.25, 0.3) is 5.91 Å². The Labute approximate surface area is 214 Å². The van der Waals surface area contributed by atoms with Crippen molar-refractivity contribution in [1.82, 2.24) is 31.3 Å². The van der Waals surface area contributed by atoms with Crippen molar-refractivity contribution in [2.75, 3.05) is 4.90 Å². The molecule has 0 saturated heterocycles. The zero-order chi connectivity index (χ0) is 27.4. The number of carbonyl (C=O) groups excluding carboxylic acids is 4. The van der Waals surface area contributed by atoms with Gasteiger partial charge in [-0.2, -0.15) is 5.21 Å². The van der Waals surface area contributed by atoms with E-state index in [0.29, 0.717) is 5.69 Å². The average Bonchev–Trinajstić information content (AvgIpc) is 3.41. The summed E-state index contributed by atoms with van der Waals surface area (Å²) in [5.41, 5.74) is -0.355. The number of carbonyl (C=O) groups is 4. The SMILES string of the molecule is CC(C)(C)OC(=O)CC(NC(=O)OC(C)(C)C)C(=O)N1c2ccccc2C[C@H]1C(=O)NCc1nn[nH]n1. The monoisotopic (exact) mass is 515 g/mol. The maximum absolute atomic E-state index is 13.9. The van der Waals surface area contributed by atoms with Gasteiger partial charge in [0.15, 0.2) is 5.82 Å². The normalized spacial score (nSPS) is 15.9. The van der Waals surface area contributed by atoms with Crippen LogP contribution in [0.25, 0.3) is 0 Å². The highest BCUT2D eigenvalue weighted by atomic mass is 16.6. The van der Waals surface area contributed by atoms with Gasteiger partial charge in [0.05, 0.1) is 13.0 Å². The van der Waals surface area contributed by atoms with Crippen LogP contribution in [0.4, 0.5) is 10.5 Å². The molecule has 0 bridgehead atoms. The molecule has 1 aliphatic rings. The molecule has 1 aromatic carbocycles. The Kier molecular flexibility index (Phi) is 8.14. The lowest BCUT2D eigenvalue weighted by Gasteiger charge is -2.30. The Hall–Kier alpha value is -4.03. The molecule has 0 aliphatic carbocycles. The van der Waals surface area contributed by atoms with E-state index in [1.54, 1.807) is 59.7 Å². The first-order valence-corrected chi connectivity index (χ1v) is 11.9. The van der Waals surface area contributed by atoms with Gasteiger partial charge in [0, 0.05) is 12.1 Å². The molecule has 13 nitrogen and oxygen atoms in total. The fourth-order valence-corrected chi connectivity index (χ4v) is 3.78. The average molecular weight is 516 g/mol. The Morgan fingerprint density at radius 1 is 1.08 bits per heavy atom. The number of nitrogens with zero attached hydrogens (tertiary/aromatic N) is 4. The van der Waals surface area contributed by atoms with Gasteiger partial charge in [-0.3, -0.25) is 19.3 Å². The van der Waals surface area contributed by atoms with Gasteiger partial charge in [-0.15, -0.1) is 10.2 Å². The summed E-state index contributed by atoms with van der Waals surface area (Å²) in [4.78, 5) is 53.6. The second-order valence-corrected chi connectivity index (χ2v) is 10.6. The van der Waals surface area contributed by atoms with E-state index in [4.69, 9.17) is 9.47 Å². The third-order valence-electron chi connectivity index (χ3n) is 5.11. The molecule has 0 fully saturated rings. The van der Waals surface area contributed by atoms with Crippen molar-refractivity contribution in [3.63, 3.8) is 0 Å². The predicted octanol–water partition coefficient (Wildman–Crippen LogP) is 1.40. The fraction of sp³-hybridized carbons (Fsp3) is 0.542. The number of benzene rings is 1. The number of alkyl carbamates (subject to hydrolysis) is 1. The van der Waals surface area contributed by atoms with Crippen molar-refractivity contribution in [3.05, 3.63) is 35.7 Å². The first kappa shape index (κ1) is 27.6. The van der Waals surface area contributed by atoms with Crippen LogP contribution >= 0.6 is 0 Å². The van der Waals surface area contributed by atoms with Crippen molar-refractivity contribution in [2.45, 2.75) is 84.2 Å². The smallest absolute Gasteiger partial charge is 0.408 e. The molecule has 3 N–H and O–H groups in total. The molecule has 0 radical (unpaired) electrons. The molecule has 13 heteroatoms. The number of amides is 3. The van der Waals surface area contributed by atoms with E-state index in [-0.39, 0.29) is 18.8 Å². The lowest BCUT2D eigenvalue weighted by molar-refractivity contribution is -0.156. The number of hydrogen-bond acceptors (Lipinski definition) is 9. The maximum Gasteiger partial charge on any atom is 0.408 e. The summed E-state index contributed by atoms with van der Waals surface area (Å²) in [5, 5.41) is 18.6. The molecule has 2 aromatic rings. The fourth-order valence-electron chi connectivity index (χ4n) is 3.78. The van der Waals surface area contributed by atoms with Gasteiger partial charge >= 0.3 is 12.1 Å². The van der Waals surface area contributed by atoms with Crippen LogP contribution in [0.15, 0.2) is 24.3 Å². The highest BCUT2D eigenvalue weighted by Gasteiger charge is 2.42. The molecule has 1 aromatic heterocycles. The van der Waals surface area contributed by atoms with Gasteiger partial charge in [-0.25, -0.2) is 4.79 Å². The number of aromatic amines is 1. The number of tetrazole rings is 1. The van der Waals surface area contributed by atoms with Gasteiger partial charge in [0.1, 0.15) is 23.3 Å². The van der Waals surface area contributed by atoms with E-state index in [9.17, 15) is 19.2 Å². The minimum absolute atomic E-state index is 0.00169. The molecule has 200 valence electrons. The largest absolute Gasteiger partial charge is 0.460 e. The minimum atomic E-state index is -1.34. The topological polar surface area (TPSA) is 168 Å². The van der Waals surface area contributed by atoms with Crippen LogP contribution in [-0.2, 0) is 36.8 Å². The van der Waals surface area contributed by atoms with Crippen molar-refractivity contribution >= 4 is 29.6 Å². The van der Waals surface area contributed by atoms with E-state index in [2.05, 4.69) is 31.3 Å². The number of nitrogens with one attached hydrogen (secondary N) is 3. The van der Waals surface area contributed by atoms with E-state index < -0.39 is 53.6 Å². The van der Waals surface area contributed by atoms with Crippen LogP contribution < -0.4 is 15.5 Å². The molecule has 2 heterocycles. The van der Waals surface area contributed by atoms with Gasteiger partial charge in [-0.1, -0.05) is 23.4 Å². The number of fused-ring (bicyclic) bond motifs is 1. The number of rotatable bonds is 7. The Balaban J connectivity index is 1.88. The first-order chi connectivity index (χ1) is 17.2. The highest BCUT2D eigenvalue weighted by molar-refractivity contribution is 6.07. The van der Waals surface area contributed by atoms with Gasteiger partial charge < -0.3 is 20.1 Å². The summed E-state index contributed by atoms with van der Waals surface area (Å²) in [7, 11) is 0. The second-order valence-electron chi connectivity index (χ2n) is 10.6. The summed E-state index contributed by atoms with van der Waals surface area (Å²) in [6, 6.07) is 4.78. The van der Waals surface area contributed by atoms with E-state index in [0.717, 1.165) is 5.56 Å². The number of H-pyrrole nitrogens is 1. The zero-order valence-corrected chi connectivity index (χ0v) is 21.8. The summed E-state index contributed by atoms with van der Waals surface area (Å²) < 4.78 is 10.7. The second kappa shape index (κ2) is 10.9. The number of aromatic nitrogens is 4. The minimum Gasteiger partial charge on any atom is -0.460 e. The van der Waals surface area contributed by atoms with E-state index >= 15 is 0 Å². The molecular weight excluding hydrogens is 482 g/mol. The lowest BCUT2D eigenvalue weighted by atomic mass is 10.1. The van der Waals surface area contributed by atoms with Gasteiger partial charge in [-0.05, 0) is 53.2 Å². The molecule has 0 spiro atoms. The third kappa shape index (κ3) is 7.72. The molecule has 0 saturated carbocycles. The van der Waals surface area contributed by atoms with Crippen LogP contribution in [0, 0.1) is 0 Å². The standard InChI is InChI=1S/C24H33N7O6/c1-23(2,3)36-19(32)12-15(26-22(35)37-24(4,5)6)21(34)31-16-10-8-7-9-14(16)11-17(31)20(33)25-13-18-27-29-30-28-18/h7-10,15,17H,11-13H2,1-6H3,(H,25,33)(H,26,35)(H,27,28,29,30)/t15?,17-/m0/s1. The summed E-state index contributed by atoms with van der Waals surface area (Å²) in [5.74, 6) is -1.52. The molecule has 1 aliphatic heterocycles. The lowest BCUT2D eigenvalue weighted by Crippen LogP contribution is -2.56. The Bertz CT molecular complexity index is 1110. The summed E-state index contributed by atoms with van der Waals surface area (Å²) in [6.45, 7) is 10.1. The number of esters is 1. The number of ether oxygens (including phenoxy) is 2. The van der Waals surface area contributed by atoms with Crippen molar-refractivity contribution in [2.24, 2.45) is 0 Å². The number of hydrogen-bond donors (Lipinski definition) is 3. The molecule has 1 unspecified atom stereocenters. The van der Waals surface area contributed by atoms with Crippen LogP contribution in [-0.4, -0.2) is 67.8 Å². The van der Waals surface area contributed by atoms with Crippen LogP contribution in [0.1, 0.15) is 59.4 Å². The molecule has 3 amide bonds. The van der Waals surface area contributed by atoms with Crippen LogP contribution in [0.5, 0.6) is 0 Å². The summed E-state index contributed by atoms with van der Waals surface area (Å²) >= 11 is 0. The highest BCUT2D eigenvalue weighted by Crippen LogP contribution is 2.33. The van der Waals surface area contributed by atoms with E-state index in [1.807, 2.05) is 6.07 Å². The molecule has 2 atom stereocenters. The summed E-state index contributed by atoms with van der Waals surface area (Å²) in [6.07, 6.45) is -1.09. The quantitative estimate of drug-likeness (QED) is 0.461. The van der Waals surface area contributed by atoms with Crippen LogP contribution in [0.2, 0.25) is 0 Å². The Morgan fingerprint density at radius 2 is 1.76 bits per heavy atom. The Morgan fingerprint density at radius 3 is 2.38 bits per heavy atom. The molecule has 37 heavy (non-hydrogen) atoms. The first-order valence-electron chi connectivity index (χ1n) is 11.9. The van der Waals surface area contributed by atoms with Crippen molar-refractivity contribution < 1.29 is 28.7 Å². The molecule has 3 rings (SSSR count). The van der Waals surface area contributed by atoms with Crippen molar-refractivity contribution in [3.8, 4) is 0 Å². The predicted molar refractivity (Wildman–Crippen MR) is 131 cm³/mol. The number of anilines is 1. The maximum atomic E-state index is 13.9. The van der Waals surface area contributed by atoms with E-state index in [1.165, 1.54) is 4.90 Å². The van der Waals surface area contributed by atoms with Crippen molar-refractivity contribution in [1.29, 1.82) is 0 Å².